The smallest absolute Gasteiger partial charge is 0.252 e. The highest BCUT2D eigenvalue weighted by Crippen LogP contribution is 2.29. The molecule has 0 saturated carbocycles. The maximum absolute atomic E-state index is 14.0. The lowest BCUT2D eigenvalue weighted by atomic mass is 10.0. The van der Waals surface area contributed by atoms with Crippen molar-refractivity contribution in [3.8, 4) is 0 Å². The Morgan fingerprint density at radius 2 is 1.91 bits per heavy atom. The van der Waals surface area contributed by atoms with E-state index in [1.807, 2.05) is 12.2 Å². The second-order valence-electron chi connectivity index (χ2n) is 9.30. The summed E-state index contributed by atoms with van der Waals surface area (Å²) in [6.45, 7) is 3.74. The number of fused-ring (bicyclic) bond motifs is 1. The van der Waals surface area contributed by atoms with Gasteiger partial charge in [0.2, 0.25) is 0 Å². The number of pyridine rings is 2. The third-order valence-corrected chi connectivity index (χ3v) is 7.17. The summed E-state index contributed by atoms with van der Waals surface area (Å²) in [5, 5.41) is 4.48. The number of hydrogen-bond acceptors (Lipinski definition) is 5. The summed E-state index contributed by atoms with van der Waals surface area (Å²) in [6, 6.07) is 7.10. The number of piperidine rings is 1. The molecule has 0 amide bonds. The van der Waals surface area contributed by atoms with Gasteiger partial charge in [0.1, 0.15) is 17.6 Å². The van der Waals surface area contributed by atoms with Crippen LogP contribution >= 0.6 is 0 Å². The van der Waals surface area contributed by atoms with Crippen LogP contribution in [0.5, 0.6) is 0 Å². The molecule has 0 aromatic carbocycles. The molecule has 1 aliphatic carbocycles. The molecule has 3 aliphatic rings. The maximum atomic E-state index is 14.0. The van der Waals surface area contributed by atoms with Gasteiger partial charge >= 0.3 is 0 Å². The summed E-state index contributed by atoms with van der Waals surface area (Å²) in [4.78, 5) is 35.0. The van der Waals surface area contributed by atoms with Gasteiger partial charge in [-0.05, 0) is 44.1 Å². The number of aromatic nitrogens is 4. The van der Waals surface area contributed by atoms with Crippen LogP contribution in [0.15, 0.2) is 39.9 Å². The number of imidazole rings is 1. The Bertz CT molecular complexity index is 1340. The molecule has 0 bridgehead atoms. The number of hydrogen-bond donors (Lipinski definition) is 2. The molecule has 1 saturated heterocycles. The SMILES string of the molecule is O=c1ccc2ccc(=O)n3c2n1C[C@H]3CN1CCC(NCc2nc3c([nH]2)C(F)CC=C3)CC1. The molecule has 3 aromatic heterocycles. The summed E-state index contributed by atoms with van der Waals surface area (Å²) >= 11 is 0. The van der Waals surface area contributed by atoms with Gasteiger partial charge in [0, 0.05) is 43.1 Å². The highest BCUT2D eigenvalue weighted by atomic mass is 19.1. The van der Waals surface area contributed by atoms with Crippen molar-refractivity contribution in [3.05, 3.63) is 68.3 Å². The molecule has 9 heteroatoms. The van der Waals surface area contributed by atoms with Gasteiger partial charge in [-0.3, -0.25) is 18.7 Å². The fourth-order valence-corrected chi connectivity index (χ4v) is 5.47. The molecule has 8 nitrogen and oxygen atoms in total. The third-order valence-electron chi connectivity index (χ3n) is 7.17. The largest absolute Gasteiger partial charge is 0.342 e. The Labute approximate surface area is 189 Å². The van der Waals surface area contributed by atoms with Crippen LogP contribution in [0.3, 0.4) is 0 Å². The molecule has 5 heterocycles. The van der Waals surface area contributed by atoms with Gasteiger partial charge in [0.15, 0.2) is 0 Å². The Morgan fingerprint density at radius 1 is 1.12 bits per heavy atom. The van der Waals surface area contributed by atoms with Crippen molar-refractivity contribution >= 4 is 17.1 Å². The van der Waals surface area contributed by atoms with Crippen molar-refractivity contribution in [3.63, 3.8) is 0 Å². The van der Waals surface area contributed by atoms with Gasteiger partial charge in [-0.25, -0.2) is 9.37 Å². The number of allylic oxidation sites excluding steroid dienone is 1. The quantitative estimate of drug-likeness (QED) is 0.622. The molecule has 3 aromatic rings. The first-order chi connectivity index (χ1) is 16.1. The third kappa shape index (κ3) is 3.65. The molecule has 33 heavy (non-hydrogen) atoms. The summed E-state index contributed by atoms with van der Waals surface area (Å²) in [6.07, 6.45) is 5.10. The second-order valence-corrected chi connectivity index (χ2v) is 9.30. The van der Waals surface area contributed by atoms with E-state index in [-0.39, 0.29) is 17.2 Å². The van der Waals surface area contributed by atoms with E-state index in [1.54, 1.807) is 33.4 Å². The molecule has 1 fully saturated rings. The Hall–Kier alpha value is -3.04. The predicted molar refractivity (Wildman–Crippen MR) is 124 cm³/mol. The zero-order valence-corrected chi connectivity index (χ0v) is 18.3. The summed E-state index contributed by atoms with van der Waals surface area (Å²) in [7, 11) is 0. The van der Waals surface area contributed by atoms with Crippen LogP contribution in [-0.4, -0.2) is 49.7 Å². The average Bonchev–Trinajstić information content (AvgIpc) is 3.41. The summed E-state index contributed by atoms with van der Waals surface area (Å²) in [5.41, 5.74) is 1.94. The predicted octanol–water partition coefficient (Wildman–Crippen LogP) is 2.12. The minimum absolute atomic E-state index is 0.0306. The van der Waals surface area contributed by atoms with Gasteiger partial charge in [-0.1, -0.05) is 6.08 Å². The highest BCUT2D eigenvalue weighted by Gasteiger charge is 2.29. The fourth-order valence-electron chi connectivity index (χ4n) is 5.47. The van der Waals surface area contributed by atoms with E-state index in [2.05, 4.69) is 20.2 Å². The molecule has 172 valence electrons. The Balaban J connectivity index is 1.07. The molecule has 6 rings (SSSR count). The van der Waals surface area contributed by atoms with E-state index in [1.165, 1.54) is 0 Å². The zero-order valence-electron chi connectivity index (χ0n) is 18.3. The van der Waals surface area contributed by atoms with Crippen molar-refractivity contribution in [2.75, 3.05) is 19.6 Å². The zero-order chi connectivity index (χ0) is 22.5. The lowest BCUT2D eigenvalue weighted by molar-refractivity contribution is 0.171. The first-order valence-corrected chi connectivity index (χ1v) is 11.7. The molecule has 2 N–H and O–H groups in total. The number of aromatic amines is 1. The monoisotopic (exact) mass is 450 g/mol. The van der Waals surface area contributed by atoms with E-state index < -0.39 is 6.17 Å². The first-order valence-electron chi connectivity index (χ1n) is 11.7. The van der Waals surface area contributed by atoms with Gasteiger partial charge in [0.05, 0.1) is 24.0 Å². The van der Waals surface area contributed by atoms with Gasteiger partial charge < -0.3 is 15.2 Å². The van der Waals surface area contributed by atoms with Gasteiger partial charge in [-0.2, -0.15) is 0 Å². The number of halogens is 1. The van der Waals surface area contributed by atoms with Crippen LogP contribution in [0.1, 0.15) is 48.7 Å². The van der Waals surface area contributed by atoms with Crippen LogP contribution in [-0.2, 0) is 13.1 Å². The fraction of sp³-hybridized carbons (Fsp3) is 0.458. The number of H-pyrrole nitrogens is 1. The standard InChI is InChI=1S/C24H27FN6O2/c25-18-2-1-3-19-23(18)28-20(27-19)12-26-16-8-10-29(11-9-16)13-17-14-30-21(32)6-4-15-5-7-22(33)31(17)24(15)30/h1,3-7,16-18,26H,2,8-14H2,(H,27,28)/t17-,18?/m1/s1. The average molecular weight is 451 g/mol. The van der Waals surface area contributed by atoms with Crippen LogP contribution in [0, 0.1) is 0 Å². The van der Waals surface area contributed by atoms with E-state index in [9.17, 15) is 14.0 Å². The Morgan fingerprint density at radius 3 is 2.70 bits per heavy atom. The van der Waals surface area contributed by atoms with E-state index >= 15 is 0 Å². The maximum Gasteiger partial charge on any atom is 0.252 e. The van der Waals surface area contributed by atoms with Crippen molar-refractivity contribution in [1.29, 1.82) is 0 Å². The summed E-state index contributed by atoms with van der Waals surface area (Å²) < 4.78 is 17.5. The minimum Gasteiger partial charge on any atom is -0.342 e. The van der Waals surface area contributed by atoms with Gasteiger partial charge in [0.25, 0.3) is 11.1 Å². The van der Waals surface area contributed by atoms with Crippen molar-refractivity contribution in [1.82, 2.24) is 29.3 Å². The number of alkyl halides is 1. The molecule has 1 unspecified atom stereocenters. The highest BCUT2D eigenvalue weighted by molar-refractivity contribution is 5.76. The molecule has 0 radical (unpaired) electrons. The Kier molecular flexibility index (Phi) is 5.03. The van der Waals surface area contributed by atoms with Gasteiger partial charge in [-0.15, -0.1) is 0 Å². The van der Waals surface area contributed by atoms with E-state index in [4.69, 9.17) is 0 Å². The summed E-state index contributed by atoms with van der Waals surface area (Å²) in [5.74, 6) is 0.776. The van der Waals surface area contributed by atoms with Crippen molar-refractivity contribution < 1.29 is 4.39 Å². The molecule has 2 atom stereocenters. The van der Waals surface area contributed by atoms with Crippen LogP contribution < -0.4 is 16.4 Å². The minimum atomic E-state index is -0.995. The topological polar surface area (TPSA) is 87.9 Å². The number of likely N-dealkylation sites (tertiary alicyclic amines) is 1. The normalized spacial score (nSPS) is 22.8. The van der Waals surface area contributed by atoms with Crippen molar-refractivity contribution in [2.45, 2.75) is 50.6 Å². The van der Waals surface area contributed by atoms with Crippen LogP contribution in [0.4, 0.5) is 4.39 Å². The number of nitrogens with one attached hydrogen (secondary N) is 2. The van der Waals surface area contributed by atoms with Crippen LogP contribution in [0.25, 0.3) is 17.1 Å². The van der Waals surface area contributed by atoms with Crippen LogP contribution in [0.2, 0.25) is 0 Å². The molecule has 2 aliphatic heterocycles. The lowest BCUT2D eigenvalue weighted by Crippen LogP contribution is -2.44. The molecular formula is C24H27FN6O2. The number of rotatable bonds is 5. The molecular weight excluding hydrogens is 423 g/mol. The second kappa shape index (κ2) is 8.07. The number of nitrogens with zero attached hydrogens (tertiary/aromatic N) is 4. The van der Waals surface area contributed by atoms with E-state index in [0.29, 0.717) is 36.9 Å². The first kappa shape index (κ1) is 20.6. The lowest BCUT2D eigenvalue weighted by Gasteiger charge is -2.34. The molecule has 0 spiro atoms. The van der Waals surface area contributed by atoms with E-state index in [0.717, 1.165) is 49.3 Å². The van der Waals surface area contributed by atoms with Crippen molar-refractivity contribution in [2.24, 2.45) is 0 Å².